The molecule has 0 spiro atoms. The number of carboxylic acid groups (broad SMARTS) is 1. The highest BCUT2D eigenvalue weighted by Gasteiger charge is 2.31. The zero-order chi connectivity index (χ0) is 29.4. The number of nitrogens with one attached hydrogen (secondary N) is 1. The summed E-state index contributed by atoms with van der Waals surface area (Å²) in [6.07, 6.45) is -0.522. The van der Waals surface area contributed by atoms with Gasteiger partial charge in [-0.3, -0.25) is 9.48 Å². The molecule has 0 fully saturated rings. The van der Waals surface area contributed by atoms with Crippen molar-refractivity contribution >= 4 is 29.4 Å². The van der Waals surface area contributed by atoms with E-state index in [0.29, 0.717) is 17.0 Å². The van der Waals surface area contributed by atoms with Crippen molar-refractivity contribution in [3.63, 3.8) is 0 Å². The van der Waals surface area contributed by atoms with E-state index < -0.39 is 59.6 Å². The predicted molar refractivity (Wildman–Crippen MR) is 139 cm³/mol. The summed E-state index contributed by atoms with van der Waals surface area (Å²) in [5.41, 5.74) is -0.605. The van der Waals surface area contributed by atoms with E-state index in [-0.39, 0.29) is 24.3 Å². The Labute approximate surface area is 233 Å². The molecule has 214 valence electrons. The van der Waals surface area contributed by atoms with Crippen LogP contribution >= 0.6 is 11.6 Å². The zero-order valence-corrected chi connectivity index (χ0v) is 22.5. The van der Waals surface area contributed by atoms with Crippen LogP contribution in [0.5, 0.6) is 5.75 Å². The number of carbonyl (C=O) groups is 3. The number of aromatic carboxylic acids is 1. The molecule has 3 aromatic rings. The lowest BCUT2D eigenvalue weighted by Gasteiger charge is -2.23. The monoisotopic (exact) mass is 579 g/mol. The average Bonchev–Trinajstić information content (AvgIpc) is 3.36. The molecule has 2 aromatic carbocycles. The molecule has 0 saturated heterocycles. The number of unbranched alkanes of at least 4 members (excludes halogenated alkanes) is 1. The summed E-state index contributed by atoms with van der Waals surface area (Å²) < 4.78 is 39.3. The Kier molecular flexibility index (Phi) is 10.6. The van der Waals surface area contributed by atoms with E-state index in [1.165, 1.54) is 19.2 Å². The van der Waals surface area contributed by atoms with Crippen LogP contribution in [0.4, 0.5) is 8.78 Å². The summed E-state index contributed by atoms with van der Waals surface area (Å²) >= 11 is 6.23. The fraction of sp³-hybridized carbons (Fsp3) is 0.333. The largest absolute Gasteiger partial charge is 0.494 e. The number of aliphatic hydroxyl groups is 1. The van der Waals surface area contributed by atoms with Gasteiger partial charge >= 0.3 is 11.9 Å². The topological polar surface area (TPSA) is 140 Å². The van der Waals surface area contributed by atoms with Gasteiger partial charge in [0.25, 0.3) is 5.91 Å². The number of esters is 1. The Bertz CT molecular complexity index is 1380. The van der Waals surface area contributed by atoms with E-state index in [4.69, 9.17) is 21.1 Å². The Hall–Kier alpha value is -4.03. The van der Waals surface area contributed by atoms with Gasteiger partial charge in [-0.1, -0.05) is 49.2 Å². The number of aliphatic hydroxyl groups excluding tert-OH is 1. The van der Waals surface area contributed by atoms with Gasteiger partial charge in [-0.2, -0.15) is 9.49 Å². The van der Waals surface area contributed by atoms with Gasteiger partial charge in [-0.05, 0) is 30.5 Å². The first-order chi connectivity index (χ1) is 19.1. The Morgan fingerprint density at radius 1 is 1.12 bits per heavy atom. The van der Waals surface area contributed by atoms with Crippen LogP contribution in [0.3, 0.4) is 0 Å². The van der Waals surface area contributed by atoms with E-state index in [0.717, 1.165) is 17.2 Å². The highest BCUT2D eigenvalue weighted by atomic mass is 35.5. The maximum absolute atomic E-state index is 14.5. The van der Waals surface area contributed by atoms with E-state index in [2.05, 4.69) is 10.4 Å². The Morgan fingerprint density at radius 2 is 1.85 bits per heavy atom. The smallest absolute Gasteiger partial charge is 0.354 e. The maximum Gasteiger partial charge on any atom is 0.354 e. The van der Waals surface area contributed by atoms with Gasteiger partial charge in [0.15, 0.2) is 23.4 Å². The maximum atomic E-state index is 14.5. The molecule has 0 aliphatic rings. The van der Waals surface area contributed by atoms with Crippen molar-refractivity contribution in [2.45, 2.75) is 44.9 Å². The molecule has 0 aliphatic heterocycles. The van der Waals surface area contributed by atoms with Gasteiger partial charge in [0.05, 0.1) is 26.3 Å². The molecule has 13 heteroatoms. The minimum atomic E-state index is -1.78. The SMILES string of the molecule is CCCCOC(=O)[C@H](O)[C@@H](Cc1ccccc1Cl)NC(=O)c1cc(C(=O)O)n(Cc2ccc(OC)c(F)c2F)n1. The predicted octanol–water partition coefficient (Wildman–Crippen LogP) is 3.62. The number of aromatic nitrogens is 2. The van der Waals surface area contributed by atoms with Gasteiger partial charge in [0.2, 0.25) is 5.82 Å². The van der Waals surface area contributed by atoms with Crippen LogP contribution in [0.15, 0.2) is 42.5 Å². The molecule has 1 amide bonds. The van der Waals surface area contributed by atoms with Gasteiger partial charge < -0.3 is 25.0 Å². The molecule has 10 nitrogen and oxygen atoms in total. The summed E-state index contributed by atoms with van der Waals surface area (Å²) in [5, 5.41) is 27.1. The average molecular weight is 580 g/mol. The van der Waals surface area contributed by atoms with Gasteiger partial charge in [-0.15, -0.1) is 0 Å². The van der Waals surface area contributed by atoms with Crippen molar-refractivity contribution in [1.82, 2.24) is 15.1 Å². The van der Waals surface area contributed by atoms with Crippen molar-refractivity contribution in [2.75, 3.05) is 13.7 Å². The second-order valence-electron chi connectivity index (χ2n) is 8.77. The molecule has 0 saturated carbocycles. The van der Waals surface area contributed by atoms with Crippen LogP contribution in [0, 0.1) is 11.6 Å². The molecule has 40 heavy (non-hydrogen) atoms. The minimum Gasteiger partial charge on any atom is -0.494 e. The number of hydrogen-bond donors (Lipinski definition) is 3. The summed E-state index contributed by atoms with van der Waals surface area (Å²) in [5.74, 6) is -6.23. The van der Waals surface area contributed by atoms with Crippen LogP contribution in [0.2, 0.25) is 5.02 Å². The van der Waals surface area contributed by atoms with Crippen molar-refractivity contribution in [3.05, 3.63) is 81.6 Å². The van der Waals surface area contributed by atoms with E-state index >= 15 is 0 Å². The van der Waals surface area contributed by atoms with Gasteiger partial charge in [0, 0.05) is 16.7 Å². The van der Waals surface area contributed by atoms with Gasteiger partial charge in [0.1, 0.15) is 5.69 Å². The Morgan fingerprint density at radius 3 is 2.50 bits per heavy atom. The standard InChI is InChI=1S/C27H28ClF2N3O7/c1-3-4-11-40-27(38)24(34)18(12-15-7-5-6-8-17(15)28)31-25(35)19-13-20(26(36)37)33(32-19)14-16-9-10-21(39-2)23(30)22(16)29/h5-10,13,18,24,34H,3-4,11-12,14H2,1-2H3,(H,31,35)(H,36,37)/t18-,24-/m1/s1. The number of rotatable bonds is 13. The molecular weight excluding hydrogens is 552 g/mol. The van der Waals surface area contributed by atoms with E-state index in [1.807, 2.05) is 6.92 Å². The van der Waals surface area contributed by atoms with Crippen LogP contribution in [0.1, 0.15) is 51.9 Å². The van der Waals surface area contributed by atoms with Crippen LogP contribution in [0.25, 0.3) is 0 Å². The molecule has 3 N–H and O–H groups in total. The molecule has 2 atom stereocenters. The Balaban J connectivity index is 1.88. The highest BCUT2D eigenvalue weighted by Crippen LogP contribution is 2.24. The number of carboxylic acids is 1. The van der Waals surface area contributed by atoms with Crippen molar-refractivity contribution < 1.29 is 42.9 Å². The number of carbonyl (C=O) groups excluding carboxylic acids is 2. The molecule has 0 radical (unpaired) electrons. The third kappa shape index (κ3) is 7.33. The van der Waals surface area contributed by atoms with Crippen molar-refractivity contribution in [1.29, 1.82) is 0 Å². The molecular formula is C27H28ClF2N3O7. The highest BCUT2D eigenvalue weighted by molar-refractivity contribution is 6.31. The zero-order valence-electron chi connectivity index (χ0n) is 21.7. The van der Waals surface area contributed by atoms with Crippen LogP contribution in [-0.4, -0.2) is 63.7 Å². The van der Waals surface area contributed by atoms with Crippen LogP contribution in [-0.2, 0) is 22.5 Å². The fourth-order valence-electron chi connectivity index (χ4n) is 3.78. The number of benzene rings is 2. The normalized spacial score (nSPS) is 12.4. The minimum absolute atomic E-state index is 0.0711. The number of nitrogens with zero attached hydrogens (tertiary/aromatic N) is 2. The first-order valence-corrected chi connectivity index (χ1v) is 12.7. The second kappa shape index (κ2) is 13.9. The fourth-order valence-corrected chi connectivity index (χ4v) is 4.00. The summed E-state index contributed by atoms with van der Waals surface area (Å²) in [4.78, 5) is 37.4. The molecule has 0 aliphatic carbocycles. The second-order valence-corrected chi connectivity index (χ2v) is 9.18. The lowest BCUT2D eigenvalue weighted by Crippen LogP contribution is -2.49. The first-order valence-electron chi connectivity index (χ1n) is 12.3. The third-order valence-corrected chi connectivity index (χ3v) is 6.35. The molecule has 1 heterocycles. The number of halogens is 3. The van der Waals surface area contributed by atoms with Crippen LogP contribution < -0.4 is 10.1 Å². The lowest BCUT2D eigenvalue weighted by molar-refractivity contribution is -0.155. The lowest BCUT2D eigenvalue weighted by atomic mass is 10.0. The number of hydrogen-bond acceptors (Lipinski definition) is 7. The van der Waals surface area contributed by atoms with Gasteiger partial charge in [-0.25, -0.2) is 14.0 Å². The number of ether oxygens (including phenoxy) is 2. The number of amides is 1. The molecule has 1 aromatic heterocycles. The van der Waals surface area contributed by atoms with E-state index in [1.54, 1.807) is 24.3 Å². The first kappa shape index (κ1) is 30.5. The molecule has 0 unspecified atom stereocenters. The molecule has 3 rings (SSSR count). The van der Waals surface area contributed by atoms with Crippen molar-refractivity contribution in [3.8, 4) is 5.75 Å². The summed E-state index contributed by atoms with van der Waals surface area (Å²) in [6, 6.07) is 8.71. The van der Waals surface area contributed by atoms with Crippen molar-refractivity contribution in [2.24, 2.45) is 0 Å². The van der Waals surface area contributed by atoms with E-state index in [9.17, 15) is 33.4 Å². The quantitative estimate of drug-likeness (QED) is 0.206. The number of methoxy groups -OCH3 is 1. The third-order valence-electron chi connectivity index (χ3n) is 5.98. The summed E-state index contributed by atoms with van der Waals surface area (Å²) in [7, 11) is 1.17. The molecule has 0 bridgehead atoms. The summed E-state index contributed by atoms with van der Waals surface area (Å²) in [6.45, 7) is 1.46.